The van der Waals surface area contributed by atoms with Gasteiger partial charge in [0.25, 0.3) is 11.8 Å². The first-order chi connectivity index (χ1) is 9.99. The third kappa shape index (κ3) is 5.19. The molecule has 1 aromatic carbocycles. The predicted molar refractivity (Wildman–Crippen MR) is 84.3 cm³/mol. The quantitative estimate of drug-likeness (QED) is 0.802. The van der Waals surface area contributed by atoms with Gasteiger partial charge in [0, 0.05) is 36.8 Å². The van der Waals surface area contributed by atoms with Gasteiger partial charge in [-0.05, 0) is 51.5 Å². The molecular weight excluding hydrogens is 266 g/mol. The normalized spacial score (nSPS) is 11.8. The second kappa shape index (κ2) is 8.42. The first-order valence-electron chi connectivity index (χ1n) is 7.42. The van der Waals surface area contributed by atoms with Crippen molar-refractivity contribution in [3.05, 3.63) is 35.4 Å². The van der Waals surface area contributed by atoms with Crippen LogP contribution in [0.2, 0.25) is 0 Å². The second-order valence-electron chi connectivity index (χ2n) is 5.08. The highest BCUT2D eigenvalue weighted by Gasteiger charge is 2.13. The number of hydrogen-bond acceptors (Lipinski definition) is 3. The minimum absolute atomic E-state index is 0.0103. The van der Waals surface area contributed by atoms with Gasteiger partial charge < -0.3 is 16.0 Å². The van der Waals surface area contributed by atoms with E-state index < -0.39 is 0 Å². The molecule has 2 amide bonds. The molecule has 0 aliphatic heterocycles. The lowest BCUT2D eigenvalue weighted by Gasteiger charge is -2.18. The van der Waals surface area contributed by atoms with E-state index in [0.717, 1.165) is 6.42 Å². The average Bonchev–Trinajstić information content (AvgIpc) is 2.48. The third-order valence-corrected chi connectivity index (χ3v) is 3.33. The Hall–Kier alpha value is -1.88. The van der Waals surface area contributed by atoms with Crippen LogP contribution in [0.3, 0.4) is 0 Å². The van der Waals surface area contributed by atoms with Crippen LogP contribution in [0.4, 0.5) is 0 Å². The van der Waals surface area contributed by atoms with Gasteiger partial charge in [0.05, 0.1) is 0 Å². The molecule has 0 radical (unpaired) electrons. The van der Waals surface area contributed by atoms with Crippen molar-refractivity contribution < 1.29 is 9.59 Å². The molecule has 0 saturated heterocycles. The van der Waals surface area contributed by atoms with Crippen molar-refractivity contribution in [2.24, 2.45) is 5.73 Å². The first-order valence-corrected chi connectivity index (χ1v) is 7.42. The van der Waals surface area contributed by atoms with Gasteiger partial charge in [-0.1, -0.05) is 0 Å². The lowest BCUT2D eigenvalue weighted by Crippen LogP contribution is -2.31. The van der Waals surface area contributed by atoms with Gasteiger partial charge in [0.2, 0.25) is 0 Å². The summed E-state index contributed by atoms with van der Waals surface area (Å²) in [5.41, 5.74) is 6.79. The van der Waals surface area contributed by atoms with Gasteiger partial charge in [-0.3, -0.25) is 9.59 Å². The summed E-state index contributed by atoms with van der Waals surface area (Å²) in [5, 5.41) is 2.81. The molecule has 5 heteroatoms. The fraction of sp³-hybridized carbons (Fsp3) is 0.500. The summed E-state index contributed by atoms with van der Waals surface area (Å²) in [6.07, 6.45) is 0.740. The Morgan fingerprint density at radius 2 is 1.67 bits per heavy atom. The summed E-state index contributed by atoms with van der Waals surface area (Å²) in [6.45, 7) is 7.70. The number of nitrogens with one attached hydrogen (secondary N) is 1. The van der Waals surface area contributed by atoms with E-state index in [4.69, 9.17) is 5.73 Å². The SMILES string of the molecule is CCN(CC)C(=O)c1ccc(C(=O)NCCC(C)N)cc1. The number of amides is 2. The minimum atomic E-state index is -0.141. The number of hydrogen-bond donors (Lipinski definition) is 2. The Bertz CT molecular complexity index is 465. The van der Waals surface area contributed by atoms with E-state index in [1.54, 1.807) is 29.2 Å². The molecule has 3 N–H and O–H groups in total. The minimum Gasteiger partial charge on any atom is -0.352 e. The molecule has 1 unspecified atom stereocenters. The van der Waals surface area contributed by atoms with Crippen LogP contribution in [0.25, 0.3) is 0 Å². The van der Waals surface area contributed by atoms with Crippen molar-refractivity contribution in [2.45, 2.75) is 33.2 Å². The maximum absolute atomic E-state index is 12.1. The summed E-state index contributed by atoms with van der Waals surface area (Å²) in [5.74, 6) is -0.151. The molecule has 21 heavy (non-hydrogen) atoms. The van der Waals surface area contributed by atoms with E-state index >= 15 is 0 Å². The fourth-order valence-corrected chi connectivity index (χ4v) is 1.97. The van der Waals surface area contributed by atoms with Gasteiger partial charge in [0.15, 0.2) is 0 Å². The summed E-state index contributed by atoms with van der Waals surface area (Å²) in [7, 11) is 0. The third-order valence-electron chi connectivity index (χ3n) is 3.33. The van der Waals surface area contributed by atoms with Crippen LogP contribution in [0.15, 0.2) is 24.3 Å². The van der Waals surface area contributed by atoms with Crippen LogP contribution >= 0.6 is 0 Å². The summed E-state index contributed by atoms with van der Waals surface area (Å²) in [6, 6.07) is 6.82. The molecule has 1 rings (SSSR count). The van der Waals surface area contributed by atoms with Gasteiger partial charge in [-0.15, -0.1) is 0 Å². The molecule has 0 heterocycles. The molecule has 0 spiro atoms. The van der Waals surface area contributed by atoms with Crippen LogP contribution in [-0.4, -0.2) is 42.4 Å². The second-order valence-corrected chi connectivity index (χ2v) is 5.08. The zero-order valence-electron chi connectivity index (χ0n) is 13.1. The van der Waals surface area contributed by atoms with E-state index in [-0.39, 0.29) is 17.9 Å². The van der Waals surface area contributed by atoms with Gasteiger partial charge in [0.1, 0.15) is 0 Å². The molecule has 0 aromatic heterocycles. The molecule has 0 fully saturated rings. The lowest BCUT2D eigenvalue weighted by atomic mass is 10.1. The monoisotopic (exact) mass is 291 g/mol. The van der Waals surface area contributed by atoms with Crippen molar-refractivity contribution in [3.8, 4) is 0 Å². The summed E-state index contributed by atoms with van der Waals surface area (Å²) in [4.78, 5) is 25.8. The van der Waals surface area contributed by atoms with Gasteiger partial charge in [-0.2, -0.15) is 0 Å². The average molecular weight is 291 g/mol. The van der Waals surface area contributed by atoms with E-state index in [9.17, 15) is 9.59 Å². The first kappa shape index (κ1) is 17.2. The smallest absolute Gasteiger partial charge is 0.253 e. The van der Waals surface area contributed by atoms with Gasteiger partial charge in [-0.25, -0.2) is 0 Å². The standard InChI is InChI=1S/C16H25N3O2/c1-4-19(5-2)16(21)14-8-6-13(7-9-14)15(20)18-11-10-12(3)17/h6-9,12H,4-5,10-11,17H2,1-3H3,(H,18,20). The van der Waals surface area contributed by atoms with Crippen molar-refractivity contribution in [2.75, 3.05) is 19.6 Å². The van der Waals surface area contributed by atoms with E-state index in [1.807, 2.05) is 20.8 Å². The Balaban J connectivity index is 2.65. The summed E-state index contributed by atoms with van der Waals surface area (Å²) < 4.78 is 0. The number of rotatable bonds is 7. The summed E-state index contributed by atoms with van der Waals surface area (Å²) >= 11 is 0. The van der Waals surface area contributed by atoms with E-state index in [0.29, 0.717) is 30.8 Å². The molecule has 0 saturated carbocycles. The van der Waals surface area contributed by atoms with Crippen LogP contribution < -0.4 is 11.1 Å². The number of benzene rings is 1. The van der Waals surface area contributed by atoms with Gasteiger partial charge >= 0.3 is 0 Å². The number of nitrogens with two attached hydrogens (primary N) is 1. The van der Waals surface area contributed by atoms with E-state index in [1.165, 1.54) is 0 Å². The molecule has 0 bridgehead atoms. The Morgan fingerprint density at radius 1 is 1.14 bits per heavy atom. The van der Waals surface area contributed by atoms with Crippen LogP contribution in [0.1, 0.15) is 47.9 Å². The number of nitrogens with zero attached hydrogens (tertiary/aromatic N) is 1. The number of carbonyl (C=O) groups is 2. The van der Waals surface area contributed by atoms with Crippen LogP contribution in [0, 0.1) is 0 Å². The highest BCUT2D eigenvalue weighted by molar-refractivity contribution is 5.97. The Morgan fingerprint density at radius 3 is 2.14 bits per heavy atom. The molecular formula is C16H25N3O2. The van der Waals surface area contributed by atoms with Crippen molar-refractivity contribution in [1.82, 2.24) is 10.2 Å². The fourth-order valence-electron chi connectivity index (χ4n) is 1.97. The highest BCUT2D eigenvalue weighted by Crippen LogP contribution is 2.08. The number of carbonyl (C=O) groups excluding carboxylic acids is 2. The maximum atomic E-state index is 12.1. The van der Waals surface area contributed by atoms with Crippen molar-refractivity contribution in [1.29, 1.82) is 0 Å². The van der Waals surface area contributed by atoms with Crippen molar-refractivity contribution >= 4 is 11.8 Å². The topological polar surface area (TPSA) is 75.4 Å². The molecule has 1 aromatic rings. The largest absolute Gasteiger partial charge is 0.352 e. The molecule has 116 valence electrons. The Kier molecular flexibility index (Phi) is 6.88. The highest BCUT2D eigenvalue weighted by atomic mass is 16.2. The zero-order valence-corrected chi connectivity index (χ0v) is 13.1. The Labute approximate surface area is 126 Å². The maximum Gasteiger partial charge on any atom is 0.253 e. The molecule has 0 aliphatic rings. The van der Waals surface area contributed by atoms with E-state index in [2.05, 4.69) is 5.32 Å². The van der Waals surface area contributed by atoms with Crippen molar-refractivity contribution in [3.63, 3.8) is 0 Å². The van der Waals surface area contributed by atoms with Crippen LogP contribution in [-0.2, 0) is 0 Å². The molecule has 0 aliphatic carbocycles. The predicted octanol–water partition coefficient (Wildman–Crippen LogP) is 1.64. The molecule has 5 nitrogen and oxygen atoms in total. The lowest BCUT2D eigenvalue weighted by molar-refractivity contribution is 0.0772. The zero-order chi connectivity index (χ0) is 15.8. The molecule has 1 atom stereocenters. The van der Waals surface area contributed by atoms with Crippen LogP contribution in [0.5, 0.6) is 0 Å².